The molecule has 7 nitrogen and oxygen atoms in total. The van der Waals surface area contributed by atoms with E-state index < -0.39 is 27.5 Å². The Morgan fingerprint density at radius 3 is 2.30 bits per heavy atom. The molecule has 1 atom stereocenters. The van der Waals surface area contributed by atoms with Crippen molar-refractivity contribution in [1.82, 2.24) is 4.98 Å². The van der Waals surface area contributed by atoms with Gasteiger partial charge in [-0.2, -0.15) is 0 Å². The predicted octanol–water partition coefficient (Wildman–Crippen LogP) is 4.24. The quantitative estimate of drug-likeness (QED) is 0.390. The standard InChI is InChI=1S/C25H21NO6S/c1-31-25-20(21-14-26-16-32-21)13-12-18(15-33(29,30)19-10-6-3-7-11-19)22(25)24(28)23(27)17-8-4-2-5-9-17/h2-14,16,23,27H,15H2,1H3. The van der Waals surface area contributed by atoms with E-state index in [9.17, 15) is 18.3 Å². The summed E-state index contributed by atoms with van der Waals surface area (Å²) in [7, 11) is -2.41. The van der Waals surface area contributed by atoms with Crippen LogP contribution >= 0.6 is 0 Å². The lowest BCUT2D eigenvalue weighted by atomic mass is 9.93. The van der Waals surface area contributed by atoms with Crippen molar-refractivity contribution in [1.29, 1.82) is 0 Å². The SMILES string of the molecule is COc1c(-c2cnco2)ccc(CS(=O)(=O)c2ccccc2)c1C(=O)C(O)c1ccccc1. The van der Waals surface area contributed by atoms with E-state index in [1.165, 1.54) is 37.9 Å². The summed E-state index contributed by atoms with van der Waals surface area (Å²) in [5, 5.41) is 10.8. The monoisotopic (exact) mass is 463 g/mol. The maximum Gasteiger partial charge on any atom is 0.199 e. The van der Waals surface area contributed by atoms with Gasteiger partial charge in [0.05, 0.1) is 35.1 Å². The Labute approximate surface area is 191 Å². The zero-order chi connectivity index (χ0) is 23.4. The fraction of sp³-hybridized carbons (Fsp3) is 0.120. The lowest BCUT2D eigenvalue weighted by Gasteiger charge is -2.19. The summed E-state index contributed by atoms with van der Waals surface area (Å²) >= 11 is 0. The number of ether oxygens (including phenoxy) is 1. The second-order valence-corrected chi connectivity index (χ2v) is 9.29. The second kappa shape index (κ2) is 9.40. The Morgan fingerprint density at radius 2 is 1.70 bits per heavy atom. The fourth-order valence-electron chi connectivity index (χ4n) is 3.61. The van der Waals surface area contributed by atoms with Crippen LogP contribution in [0.15, 0.2) is 94.7 Å². The van der Waals surface area contributed by atoms with Gasteiger partial charge in [0.1, 0.15) is 11.9 Å². The van der Waals surface area contributed by atoms with E-state index in [2.05, 4.69) is 4.98 Å². The van der Waals surface area contributed by atoms with Crippen molar-refractivity contribution < 1.29 is 27.5 Å². The van der Waals surface area contributed by atoms with Crippen LogP contribution in [0.25, 0.3) is 11.3 Å². The van der Waals surface area contributed by atoms with Gasteiger partial charge in [-0.05, 0) is 29.3 Å². The highest BCUT2D eigenvalue weighted by Crippen LogP contribution is 2.38. The molecule has 0 aliphatic carbocycles. The first-order valence-electron chi connectivity index (χ1n) is 10.1. The summed E-state index contributed by atoms with van der Waals surface area (Å²) in [5.41, 5.74) is 0.979. The van der Waals surface area contributed by atoms with Crippen LogP contribution in [0.4, 0.5) is 0 Å². The highest BCUT2D eigenvalue weighted by molar-refractivity contribution is 7.90. The minimum atomic E-state index is -3.78. The van der Waals surface area contributed by atoms with Crippen molar-refractivity contribution in [3.8, 4) is 17.1 Å². The molecule has 1 unspecified atom stereocenters. The molecular weight excluding hydrogens is 442 g/mol. The molecule has 1 aromatic heterocycles. The lowest BCUT2D eigenvalue weighted by Crippen LogP contribution is -2.18. The number of rotatable bonds is 8. The average molecular weight is 464 g/mol. The summed E-state index contributed by atoms with van der Waals surface area (Å²) in [5.74, 6) is -0.690. The Kier molecular flexibility index (Phi) is 6.39. The third-order valence-electron chi connectivity index (χ3n) is 5.20. The zero-order valence-corrected chi connectivity index (χ0v) is 18.5. The Balaban J connectivity index is 1.87. The number of Topliss-reactive ketones (excluding diaryl/α,β-unsaturated/α-hetero) is 1. The molecule has 0 aliphatic heterocycles. The Hall–Kier alpha value is -3.75. The van der Waals surface area contributed by atoms with E-state index in [0.717, 1.165) is 0 Å². The molecule has 0 bridgehead atoms. The van der Waals surface area contributed by atoms with Crippen molar-refractivity contribution in [3.05, 3.63) is 102 Å². The molecule has 0 aliphatic rings. The van der Waals surface area contributed by atoms with Crippen LogP contribution in [-0.2, 0) is 15.6 Å². The molecule has 0 saturated carbocycles. The van der Waals surface area contributed by atoms with Crippen molar-refractivity contribution >= 4 is 15.6 Å². The maximum absolute atomic E-state index is 13.5. The summed E-state index contributed by atoms with van der Waals surface area (Å²) < 4.78 is 37.1. The molecular formula is C25H21NO6S. The van der Waals surface area contributed by atoms with E-state index >= 15 is 0 Å². The molecule has 0 saturated heterocycles. The topological polar surface area (TPSA) is 107 Å². The molecule has 4 rings (SSSR count). The molecule has 3 aromatic carbocycles. The van der Waals surface area contributed by atoms with E-state index in [0.29, 0.717) is 16.9 Å². The van der Waals surface area contributed by atoms with Gasteiger partial charge in [0.2, 0.25) is 0 Å². The van der Waals surface area contributed by atoms with Crippen molar-refractivity contribution in [2.45, 2.75) is 16.8 Å². The molecule has 1 N–H and O–H groups in total. The third kappa shape index (κ3) is 4.57. The normalized spacial score (nSPS) is 12.3. The highest BCUT2D eigenvalue weighted by atomic mass is 32.2. The Bertz CT molecular complexity index is 1350. The van der Waals surface area contributed by atoms with E-state index in [4.69, 9.17) is 9.15 Å². The molecule has 0 spiro atoms. The summed E-state index contributed by atoms with van der Waals surface area (Å²) in [6.07, 6.45) is 1.19. The predicted molar refractivity (Wildman–Crippen MR) is 122 cm³/mol. The number of carbonyl (C=O) groups is 1. The number of nitrogens with zero attached hydrogens (tertiary/aromatic N) is 1. The van der Waals surface area contributed by atoms with Gasteiger partial charge >= 0.3 is 0 Å². The number of aliphatic hydroxyl groups excluding tert-OH is 1. The molecule has 8 heteroatoms. The van der Waals surface area contributed by atoms with Gasteiger partial charge in [-0.15, -0.1) is 0 Å². The average Bonchev–Trinajstić information content (AvgIpc) is 3.38. The molecule has 1 heterocycles. The van der Waals surface area contributed by atoms with Gasteiger partial charge in [-0.3, -0.25) is 4.79 Å². The van der Waals surface area contributed by atoms with Crippen LogP contribution in [0.5, 0.6) is 5.75 Å². The molecule has 0 radical (unpaired) electrons. The molecule has 33 heavy (non-hydrogen) atoms. The largest absolute Gasteiger partial charge is 0.495 e. The number of sulfone groups is 1. The van der Waals surface area contributed by atoms with Crippen LogP contribution in [0.1, 0.15) is 27.6 Å². The number of ketones is 1. The van der Waals surface area contributed by atoms with Gasteiger partial charge in [0, 0.05) is 0 Å². The van der Waals surface area contributed by atoms with Gasteiger partial charge in [0.15, 0.2) is 27.8 Å². The zero-order valence-electron chi connectivity index (χ0n) is 17.7. The molecule has 168 valence electrons. The van der Waals surface area contributed by atoms with Gasteiger partial charge in [0.25, 0.3) is 0 Å². The number of carbonyl (C=O) groups excluding carboxylic acids is 1. The van der Waals surface area contributed by atoms with E-state index in [1.807, 2.05) is 0 Å². The molecule has 4 aromatic rings. The minimum Gasteiger partial charge on any atom is -0.495 e. The number of oxazole rings is 1. The minimum absolute atomic E-state index is 0.0257. The number of hydrogen-bond acceptors (Lipinski definition) is 7. The van der Waals surface area contributed by atoms with Crippen LogP contribution in [0.2, 0.25) is 0 Å². The van der Waals surface area contributed by atoms with E-state index in [1.54, 1.807) is 54.6 Å². The van der Waals surface area contributed by atoms with Crippen molar-refractivity contribution in [2.24, 2.45) is 0 Å². The first-order valence-corrected chi connectivity index (χ1v) is 11.7. The van der Waals surface area contributed by atoms with Crippen LogP contribution in [0, 0.1) is 0 Å². The van der Waals surface area contributed by atoms with Crippen LogP contribution in [-0.4, -0.2) is 31.4 Å². The van der Waals surface area contributed by atoms with Gasteiger partial charge in [-0.25, -0.2) is 13.4 Å². The number of aliphatic hydroxyl groups is 1. The van der Waals surface area contributed by atoms with E-state index in [-0.39, 0.29) is 21.8 Å². The first-order chi connectivity index (χ1) is 15.9. The second-order valence-electron chi connectivity index (χ2n) is 7.30. The number of aromatic nitrogens is 1. The number of hydrogen-bond donors (Lipinski definition) is 1. The number of methoxy groups -OCH3 is 1. The van der Waals surface area contributed by atoms with Crippen molar-refractivity contribution in [2.75, 3.05) is 7.11 Å². The first kappa shape index (κ1) is 22.4. The molecule has 0 fully saturated rings. The summed E-state index contributed by atoms with van der Waals surface area (Å²) in [4.78, 5) is 17.5. The Morgan fingerprint density at radius 1 is 1.03 bits per heavy atom. The van der Waals surface area contributed by atoms with Crippen LogP contribution < -0.4 is 4.74 Å². The summed E-state index contributed by atoms with van der Waals surface area (Å²) in [6.45, 7) is 0. The molecule has 0 amide bonds. The fourth-order valence-corrected chi connectivity index (χ4v) is 5.00. The van der Waals surface area contributed by atoms with Crippen LogP contribution in [0.3, 0.4) is 0 Å². The maximum atomic E-state index is 13.5. The third-order valence-corrected chi connectivity index (χ3v) is 6.89. The highest BCUT2D eigenvalue weighted by Gasteiger charge is 2.30. The summed E-state index contributed by atoms with van der Waals surface area (Å²) in [6, 6.07) is 19.5. The number of benzene rings is 3. The van der Waals surface area contributed by atoms with Gasteiger partial charge in [-0.1, -0.05) is 54.6 Å². The smallest absolute Gasteiger partial charge is 0.199 e. The van der Waals surface area contributed by atoms with Gasteiger partial charge < -0.3 is 14.3 Å². The van der Waals surface area contributed by atoms with Crippen molar-refractivity contribution in [3.63, 3.8) is 0 Å². The lowest BCUT2D eigenvalue weighted by molar-refractivity contribution is 0.0743.